The summed E-state index contributed by atoms with van der Waals surface area (Å²) in [6.45, 7) is 8.61. The molecule has 9 heteroatoms. The Morgan fingerprint density at radius 3 is 2.41 bits per heavy atom. The number of hydrogen-bond acceptors (Lipinski definition) is 6. The highest BCUT2D eigenvalue weighted by molar-refractivity contribution is 8.02. The summed E-state index contributed by atoms with van der Waals surface area (Å²) in [7, 11) is 0. The predicted octanol–water partition coefficient (Wildman–Crippen LogP) is 4.14. The number of aliphatic hydroxyl groups is 1. The van der Waals surface area contributed by atoms with E-state index in [0.29, 0.717) is 25.1 Å². The topological polar surface area (TPSA) is 108 Å². The van der Waals surface area contributed by atoms with Crippen molar-refractivity contribution in [2.75, 3.05) is 30.4 Å². The number of carbonyl (C=O) groups is 3. The molecule has 3 amide bonds. The molecular weight excluding hydrogens is 514 g/mol. The number of benzene rings is 2. The summed E-state index contributed by atoms with van der Waals surface area (Å²) in [4.78, 5) is 43.5. The molecule has 3 saturated heterocycles. The van der Waals surface area contributed by atoms with Crippen LogP contribution < -0.4 is 15.4 Å². The van der Waals surface area contributed by atoms with Gasteiger partial charge in [0.15, 0.2) is 0 Å². The van der Waals surface area contributed by atoms with E-state index in [1.807, 2.05) is 51.1 Å². The molecule has 39 heavy (non-hydrogen) atoms. The third kappa shape index (κ3) is 4.59. The minimum atomic E-state index is -0.726. The number of amides is 3. The molecule has 3 N–H and O–H groups in total. The molecule has 2 aromatic carbocycles. The Morgan fingerprint density at radius 1 is 1.08 bits per heavy atom. The standard InChI is InChI=1S/C30H37N3O5S/c1-5-38-21-12-10-20(11-13-21)31-26(35)22-23-28(37)33(16-7-17-34)25(30(23)15-14-29(22,4)39-30)27(36)32-24-18(2)8-6-9-19(24)3/h6,8-13,22-23,25,34H,5,7,14-17H2,1-4H3,(H,31,35)(H,32,36)/t22-,23-,25?,29+,30?/m0/s1. The molecule has 0 saturated carbocycles. The molecule has 0 aromatic heterocycles. The van der Waals surface area contributed by atoms with Gasteiger partial charge in [0.25, 0.3) is 0 Å². The van der Waals surface area contributed by atoms with Crippen molar-refractivity contribution >= 4 is 40.9 Å². The summed E-state index contributed by atoms with van der Waals surface area (Å²) in [6, 6.07) is 12.3. The monoisotopic (exact) mass is 551 g/mol. The zero-order valence-electron chi connectivity index (χ0n) is 23.0. The third-order valence-corrected chi connectivity index (χ3v) is 10.5. The van der Waals surface area contributed by atoms with Gasteiger partial charge in [-0.25, -0.2) is 0 Å². The molecule has 2 aromatic rings. The largest absolute Gasteiger partial charge is 0.494 e. The third-order valence-electron chi connectivity index (χ3n) is 8.53. The highest BCUT2D eigenvalue weighted by Gasteiger charge is 2.77. The minimum absolute atomic E-state index is 0.0841. The van der Waals surface area contributed by atoms with E-state index in [0.717, 1.165) is 29.0 Å². The lowest BCUT2D eigenvalue weighted by molar-refractivity contribution is -0.139. The number of thioether (sulfide) groups is 1. The van der Waals surface area contributed by atoms with Gasteiger partial charge in [0, 0.05) is 29.3 Å². The predicted molar refractivity (Wildman–Crippen MR) is 153 cm³/mol. The van der Waals surface area contributed by atoms with Crippen molar-refractivity contribution < 1.29 is 24.2 Å². The van der Waals surface area contributed by atoms with E-state index >= 15 is 0 Å². The van der Waals surface area contributed by atoms with Gasteiger partial charge in [-0.1, -0.05) is 18.2 Å². The van der Waals surface area contributed by atoms with Gasteiger partial charge < -0.3 is 25.4 Å². The number of aryl methyl sites for hydroxylation is 2. The van der Waals surface area contributed by atoms with Crippen LogP contribution >= 0.6 is 11.8 Å². The van der Waals surface area contributed by atoms with Gasteiger partial charge >= 0.3 is 0 Å². The molecular formula is C30H37N3O5S. The smallest absolute Gasteiger partial charge is 0.248 e. The van der Waals surface area contributed by atoms with Crippen molar-refractivity contribution in [1.82, 2.24) is 4.90 Å². The van der Waals surface area contributed by atoms with Crippen molar-refractivity contribution in [1.29, 1.82) is 0 Å². The number of ether oxygens (including phenoxy) is 1. The summed E-state index contributed by atoms with van der Waals surface area (Å²) in [5.41, 5.74) is 3.30. The first-order valence-corrected chi connectivity index (χ1v) is 14.5. The summed E-state index contributed by atoms with van der Waals surface area (Å²) in [5, 5.41) is 15.7. The first kappa shape index (κ1) is 27.5. The van der Waals surface area contributed by atoms with Gasteiger partial charge in [-0.05, 0) is 82.3 Å². The van der Waals surface area contributed by atoms with Gasteiger partial charge in [-0.2, -0.15) is 0 Å². The molecule has 0 aliphatic carbocycles. The number of rotatable bonds is 9. The fourth-order valence-corrected chi connectivity index (χ4v) is 9.19. The van der Waals surface area contributed by atoms with Crippen LogP contribution in [0.4, 0.5) is 11.4 Å². The van der Waals surface area contributed by atoms with Crippen LogP contribution in [0.3, 0.4) is 0 Å². The Morgan fingerprint density at radius 2 is 1.77 bits per heavy atom. The Balaban J connectivity index is 1.46. The average Bonchev–Trinajstić information content (AvgIpc) is 3.47. The summed E-state index contributed by atoms with van der Waals surface area (Å²) < 4.78 is 4.34. The molecule has 3 aliphatic rings. The number of carbonyl (C=O) groups excluding carboxylic acids is 3. The van der Waals surface area contributed by atoms with Crippen LogP contribution in [0.2, 0.25) is 0 Å². The Hall–Kier alpha value is -3.04. The Bertz CT molecular complexity index is 1260. The number of aliphatic hydroxyl groups excluding tert-OH is 1. The molecule has 2 bridgehead atoms. The second-order valence-corrected chi connectivity index (χ2v) is 12.9. The van der Waals surface area contributed by atoms with Crippen molar-refractivity contribution in [2.45, 2.75) is 62.5 Å². The SMILES string of the molecule is CCOc1ccc(NC(=O)[C@@H]2[C@H]3C(=O)N(CCCO)C(C(=O)Nc4c(C)cccc4C)C34CC[C@@]2(C)S4)cc1. The maximum absolute atomic E-state index is 14.1. The molecule has 2 unspecified atom stereocenters. The van der Waals surface area contributed by atoms with Crippen molar-refractivity contribution in [3.63, 3.8) is 0 Å². The molecule has 3 heterocycles. The quantitative estimate of drug-likeness (QED) is 0.432. The van der Waals surface area contributed by atoms with Gasteiger partial charge in [-0.15, -0.1) is 11.8 Å². The summed E-state index contributed by atoms with van der Waals surface area (Å²) in [6.07, 6.45) is 1.79. The van der Waals surface area contributed by atoms with E-state index in [9.17, 15) is 19.5 Å². The minimum Gasteiger partial charge on any atom is -0.494 e. The summed E-state index contributed by atoms with van der Waals surface area (Å²) >= 11 is 1.64. The molecule has 208 valence electrons. The van der Waals surface area contributed by atoms with Gasteiger partial charge in [0.2, 0.25) is 17.7 Å². The van der Waals surface area contributed by atoms with Gasteiger partial charge in [-0.3, -0.25) is 14.4 Å². The number of nitrogens with zero attached hydrogens (tertiary/aromatic N) is 1. The molecule has 8 nitrogen and oxygen atoms in total. The van der Waals surface area contributed by atoms with E-state index in [4.69, 9.17) is 4.74 Å². The lowest BCUT2D eigenvalue weighted by Crippen LogP contribution is -2.52. The van der Waals surface area contributed by atoms with E-state index in [1.54, 1.807) is 28.8 Å². The van der Waals surface area contributed by atoms with Crippen LogP contribution in [0.1, 0.15) is 44.2 Å². The number of likely N-dealkylation sites (tertiary alicyclic amines) is 1. The maximum Gasteiger partial charge on any atom is 0.248 e. The lowest BCUT2D eigenvalue weighted by atomic mass is 9.66. The van der Waals surface area contributed by atoms with Crippen LogP contribution in [0, 0.1) is 25.7 Å². The van der Waals surface area contributed by atoms with E-state index in [-0.39, 0.29) is 30.9 Å². The first-order valence-electron chi connectivity index (χ1n) is 13.7. The molecule has 3 fully saturated rings. The van der Waals surface area contributed by atoms with Crippen LogP contribution in [0.5, 0.6) is 5.75 Å². The van der Waals surface area contributed by atoms with Gasteiger partial charge in [0.1, 0.15) is 11.8 Å². The second-order valence-electron chi connectivity index (χ2n) is 11.0. The zero-order chi connectivity index (χ0) is 27.9. The van der Waals surface area contributed by atoms with E-state index in [1.165, 1.54) is 0 Å². The Labute approximate surface area is 233 Å². The number of nitrogens with one attached hydrogen (secondary N) is 2. The summed E-state index contributed by atoms with van der Waals surface area (Å²) in [5.74, 6) is -1.08. The average molecular weight is 552 g/mol. The van der Waals surface area contributed by atoms with Crippen molar-refractivity contribution in [3.8, 4) is 5.75 Å². The molecule has 5 rings (SSSR count). The molecule has 3 aliphatic heterocycles. The maximum atomic E-state index is 14.1. The fraction of sp³-hybridized carbons (Fsp3) is 0.500. The molecule has 0 radical (unpaired) electrons. The fourth-order valence-electron chi connectivity index (χ4n) is 6.83. The number of fused-ring (bicyclic) bond motifs is 1. The van der Waals surface area contributed by atoms with Crippen LogP contribution in [-0.4, -0.2) is 63.0 Å². The van der Waals surface area contributed by atoms with Crippen LogP contribution in [0.15, 0.2) is 42.5 Å². The van der Waals surface area contributed by atoms with Crippen LogP contribution in [-0.2, 0) is 14.4 Å². The zero-order valence-corrected chi connectivity index (χ0v) is 23.8. The highest BCUT2D eigenvalue weighted by atomic mass is 32.2. The lowest BCUT2D eigenvalue weighted by Gasteiger charge is -2.35. The van der Waals surface area contributed by atoms with E-state index < -0.39 is 27.4 Å². The molecule has 5 atom stereocenters. The van der Waals surface area contributed by atoms with Crippen molar-refractivity contribution in [2.24, 2.45) is 11.8 Å². The highest BCUT2D eigenvalue weighted by Crippen LogP contribution is 2.71. The molecule has 1 spiro atoms. The number of anilines is 2. The van der Waals surface area contributed by atoms with Gasteiger partial charge in [0.05, 0.1) is 23.2 Å². The number of hydrogen-bond donors (Lipinski definition) is 3. The van der Waals surface area contributed by atoms with E-state index in [2.05, 4.69) is 17.6 Å². The number of para-hydroxylation sites is 1. The van der Waals surface area contributed by atoms with Crippen molar-refractivity contribution in [3.05, 3.63) is 53.6 Å². The van der Waals surface area contributed by atoms with Crippen LogP contribution in [0.25, 0.3) is 0 Å². The second kappa shape index (κ2) is 10.5. The normalized spacial score (nSPS) is 28.9. The first-order chi connectivity index (χ1) is 18.6. The Kier molecular flexibility index (Phi) is 7.41.